The molecule has 0 bridgehead atoms. The van der Waals surface area contributed by atoms with E-state index in [9.17, 15) is 0 Å². The van der Waals surface area contributed by atoms with Crippen molar-refractivity contribution in [1.29, 1.82) is 0 Å². The Balaban J connectivity index is 1.95. The molecule has 0 saturated carbocycles. The van der Waals surface area contributed by atoms with Crippen molar-refractivity contribution in [1.82, 2.24) is 20.1 Å². The van der Waals surface area contributed by atoms with Crippen molar-refractivity contribution in [2.45, 2.75) is 6.42 Å². The van der Waals surface area contributed by atoms with Gasteiger partial charge in [0, 0.05) is 13.0 Å². The molecule has 0 amide bonds. The molecule has 2 rings (SSSR count). The smallest absolute Gasteiger partial charge is 0.229 e. The number of nitrogens with zero attached hydrogens (tertiary/aromatic N) is 4. The minimum atomic E-state index is 0.426. The highest BCUT2D eigenvalue weighted by Crippen LogP contribution is 2.16. The van der Waals surface area contributed by atoms with Crippen LogP contribution in [0.15, 0.2) is 17.0 Å². The van der Waals surface area contributed by atoms with Gasteiger partial charge >= 0.3 is 0 Å². The highest BCUT2D eigenvalue weighted by Gasteiger charge is 2.05. The topological polar surface area (TPSA) is 95.2 Å². The highest BCUT2D eigenvalue weighted by atomic mass is 16.5. The Morgan fingerprint density at radius 3 is 2.50 bits per heavy atom. The van der Waals surface area contributed by atoms with Crippen LogP contribution in [0.4, 0.5) is 5.95 Å². The molecule has 0 aliphatic carbocycles. The molecule has 0 fully saturated rings. The van der Waals surface area contributed by atoms with Crippen molar-refractivity contribution in [3.05, 3.63) is 18.3 Å². The van der Waals surface area contributed by atoms with Gasteiger partial charge in [-0.3, -0.25) is 0 Å². The number of ether oxygens (including phenoxy) is 2. The molecule has 8 nitrogen and oxygen atoms in total. The Bertz CT molecular complexity index is 466. The fourth-order valence-corrected chi connectivity index (χ4v) is 1.28. The lowest BCUT2D eigenvalue weighted by Gasteiger charge is -2.07. The zero-order valence-corrected chi connectivity index (χ0v) is 10.1. The molecule has 0 aliphatic rings. The van der Waals surface area contributed by atoms with Crippen molar-refractivity contribution < 1.29 is 14.0 Å². The Hall–Kier alpha value is -2.38. The number of nitrogens with one attached hydrogen (secondary N) is 1. The van der Waals surface area contributed by atoms with E-state index in [0.29, 0.717) is 36.5 Å². The third-order valence-corrected chi connectivity index (χ3v) is 2.14. The standard InChI is InChI=1S/C10H13N5O3/c1-16-8-5-9(17-2)14-10(13-8)11-4-3-7-12-6-18-15-7/h5-6H,3-4H2,1-2H3,(H,11,13,14). The van der Waals surface area contributed by atoms with Crippen molar-refractivity contribution in [3.8, 4) is 11.8 Å². The van der Waals surface area contributed by atoms with Crippen LogP contribution in [-0.4, -0.2) is 40.9 Å². The third-order valence-electron chi connectivity index (χ3n) is 2.14. The molecular formula is C10H13N5O3. The van der Waals surface area contributed by atoms with Crippen LogP contribution < -0.4 is 14.8 Å². The van der Waals surface area contributed by atoms with Gasteiger partial charge in [0.25, 0.3) is 0 Å². The summed E-state index contributed by atoms with van der Waals surface area (Å²) < 4.78 is 14.7. The van der Waals surface area contributed by atoms with E-state index in [4.69, 9.17) is 9.47 Å². The summed E-state index contributed by atoms with van der Waals surface area (Å²) >= 11 is 0. The second-order valence-electron chi connectivity index (χ2n) is 3.30. The first-order chi connectivity index (χ1) is 8.81. The predicted molar refractivity (Wildman–Crippen MR) is 61.6 cm³/mol. The quantitative estimate of drug-likeness (QED) is 0.794. The number of hydrogen-bond acceptors (Lipinski definition) is 8. The maximum Gasteiger partial charge on any atom is 0.229 e. The fraction of sp³-hybridized carbons (Fsp3) is 0.400. The summed E-state index contributed by atoms with van der Waals surface area (Å²) in [5.74, 6) is 1.92. The average molecular weight is 251 g/mol. The molecule has 0 aromatic carbocycles. The van der Waals surface area contributed by atoms with Gasteiger partial charge in [0.15, 0.2) is 5.82 Å². The summed E-state index contributed by atoms with van der Waals surface area (Å²) in [5.41, 5.74) is 0. The van der Waals surface area contributed by atoms with Crippen molar-refractivity contribution in [2.75, 3.05) is 26.1 Å². The van der Waals surface area contributed by atoms with E-state index in [0.717, 1.165) is 0 Å². The van der Waals surface area contributed by atoms with Gasteiger partial charge in [0.2, 0.25) is 24.1 Å². The first kappa shape index (κ1) is 12.1. The molecule has 0 atom stereocenters. The first-order valence-electron chi connectivity index (χ1n) is 5.28. The van der Waals surface area contributed by atoms with Crippen LogP contribution >= 0.6 is 0 Å². The molecule has 2 aromatic rings. The highest BCUT2D eigenvalue weighted by molar-refractivity contribution is 5.33. The van der Waals surface area contributed by atoms with Crippen LogP contribution in [0.25, 0.3) is 0 Å². The summed E-state index contributed by atoms with van der Waals surface area (Å²) in [4.78, 5) is 12.2. The molecule has 18 heavy (non-hydrogen) atoms. The molecule has 1 N–H and O–H groups in total. The molecule has 8 heteroatoms. The minimum absolute atomic E-state index is 0.426. The summed E-state index contributed by atoms with van der Waals surface area (Å²) in [7, 11) is 3.07. The van der Waals surface area contributed by atoms with E-state index in [1.807, 2.05) is 0 Å². The van der Waals surface area contributed by atoms with Gasteiger partial charge in [-0.1, -0.05) is 5.16 Å². The lowest BCUT2D eigenvalue weighted by atomic mass is 10.4. The maximum atomic E-state index is 5.04. The van der Waals surface area contributed by atoms with Gasteiger partial charge in [-0.2, -0.15) is 15.0 Å². The largest absolute Gasteiger partial charge is 0.481 e. The molecule has 0 spiro atoms. The fourth-order valence-electron chi connectivity index (χ4n) is 1.28. The second kappa shape index (κ2) is 5.80. The van der Waals surface area contributed by atoms with Crippen LogP contribution in [0, 0.1) is 0 Å². The molecule has 0 aliphatic heterocycles. The van der Waals surface area contributed by atoms with Gasteiger partial charge in [-0.05, 0) is 0 Å². The Labute approximate surface area is 103 Å². The second-order valence-corrected chi connectivity index (χ2v) is 3.30. The van der Waals surface area contributed by atoms with Crippen molar-refractivity contribution in [2.24, 2.45) is 0 Å². The Morgan fingerprint density at radius 2 is 1.94 bits per heavy atom. The van der Waals surface area contributed by atoms with Crippen LogP contribution in [0.5, 0.6) is 11.8 Å². The summed E-state index contributed by atoms with van der Waals surface area (Å²) in [6.45, 7) is 0.579. The third kappa shape index (κ3) is 3.06. The van der Waals surface area contributed by atoms with E-state index in [2.05, 4.69) is 29.9 Å². The number of methoxy groups -OCH3 is 2. The van der Waals surface area contributed by atoms with Crippen LogP contribution in [0.3, 0.4) is 0 Å². The van der Waals surface area contributed by atoms with Gasteiger partial charge in [0.05, 0.1) is 20.3 Å². The minimum Gasteiger partial charge on any atom is -0.481 e. The van der Waals surface area contributed by atoms with E-state index in [-0.39, 0.29) is 0 Å². The Kier molecular flexibility index (Phi) is 3.90. The molecule has 96 valence electrons. The lowest BCUT2D eigenvalue weighted by molar-refractivity contribution is 0.373. The SMILES string of the molecule is COc1cc(OC)nc(NCCc2ncon2)n1. The van der Waals surface area contributed by atoms with Gasteiger partial charge in [-0.25, -0.2) is 0 Å². The van der Waals surface area contributed by atoms with E-state index >= 15 is 0 Å². The van der Waals surface area contributed by atoms with Crippen LogP contribution in [0.2, 0.25) is 0 Å². The van der Waals surface area contributed by atoms with E-state index < -0.39 is 0 Å². The van der Waals surface area contributed by atoms with Gasteiger partial charge in [0.1, 0.15) is 0 Å². The average Bonchev–Trinajstić information content (AvgIpc) is 2.91. The molecular weight excluding hydrogens is 238 g/mol. The summed E-state index contributed by atoms with van der Waals surface area (Å²) in [6, 6.07) is 1.60. The van der Waals surface area contributed by atoms with Crippen molar-refractivity contribution >= 4 is 5.95 Å². The zero-order valence-electron chi connectivity index (χ0n) is 10.1. The number of rotatable bonds is 6. The molecule has 0 unspecified atom stereocenters. The molecule has 2 heterocycles. The lowest BCUT2D eigenvalue weighted by Crippen LogP contribution is -2.09. The molecule has 2 aromatic heterocycles. The van der Waals surface area contributed by atoms with Crippen LogP contribution in [-0.2, 0) is 6.42 Å². The Morgan fingerprint density at radius 1 is 1.22 bits per heavy atom. The molecule has 0 saturated heterocycles. The maximum absolute atomic E-state index is 5.04. The van der Waals surface area contributed by atoms with Gasteiger partial charge < -0.3 is 19.3 Å². The monoisotopic (exact) mass is 251 g/mol. The zero-order chi connectivity index (χ0) is 12.8. The van der Waals surface area contributed by atoms with E-state index in [1.54, 1.807) is 6.07 Å². The first-order valence-corrected chi connectivity index (χ1v) is 5.28. The number of anilines is 1. The summed E-state index contributed by atoms with van der Waals surface area (Å²) in [6.07, 6.45) is 1.90. The van der Waals surface area contributed by atoms with Crippen LogP contribution in [0.1, 0.15) is 5.82 Å². The van der Waals surface area contributed by atoms with Crippen molar-refractivity contribution in [3.63, 3.8) is 0 Å². The van der Waals surface area contributed by atoms with Gasteiger partial charge in [-0.15, -0.1) is 0 Å². The summed E-state index contributed by atoms with van der Waals surface area (Å²) in [5, 5.41) is 6.73. The predicted octanol–water partition coefficient (Wildman–Crippen LogP) is 0.531. The number of hydrogen-bond donors (Lipinski definition) is 1. The number of aromatic nitrogens is 4. The van der Waals surface area contributed by atoms with E-state index in [1.165, 1.54) is 20.6 Å². The molecule has 0 radical (unpaired) electrons. The normalized spacial score (nSPS) is 10.1.